The highest BCUT2D eigenvalue weighted by atomic mass is 16.5. The molecule has 1 rings (SSSR count). The summed E-state index contributed by atoms with van der Waals surface area (Å²) in [6.07, 6.45) is 3.15. The molecule has 1 atom stereocenters. The van der Waals surface area contributed by atoms with Crippen molar-refractivity contribution in [2.75, 3.05) is 40.6 Å². The molecule has 0 aliphatic rings. The van der Waals surface area contributed by atoms with E-state index in [4.69, 9.17) is 19.9 Å². The van der Waals surface area contributed by atoms with Crippen molar-refractivity contribution >= 4 is 0 Å². The Hall–Kier alpha value is -1.10. The summed E-state index contributed by atoms with van der Waals surface area (Å²) in [7, 11) is 3.37. The van der Waals surface area contributed by atoms with E-state index in [0.29, 0.717) is 25.7 Å². The van der Waals surface area contributed by atoms with Crippen LogP contribution in [-0.2, 0) is 15.9 Å². The molecule has 0 heterocycles. The Labute approximate surface area is 122 Å². The number of benzene rings is 1. The Morgan fingerprint density at radius 1 is 1.05 bits per heavy atom. The van der Waals surface area contributed by atoms with Crippen LogP contribution in [-0.4, -0.2) is 40.6 Å². The maximum Gasteiger partial charge on any atom is 0.118 e. The summed E-state index contributed by atoms with van der Waals surface area (Å²) >= 11 is 0. The number of ether oxygens (including phenoxy) is 3. The Bertz CT molecular complexity index is 340. The Balaban J connectivity index is 2.24. The minimum atomic E-state index is 0.509. The molecular formula is C16H27NO3. The van der Waals surface area contributed by atoms with E-state index in [9.17, 15) is 0 Å². The summed E-state index contributed by atoms with van der Waals surface area (Å²) in [5.74, 6) is 1.40. The van der Waals surface area contributed by atoms with Crippen LogP contribution in [0, 0.1) is 5.92 Å². The molecule has 0 aliphatic carbocycles. The van der Waals surface area contributed by atoms with E-state index in [-0.39, 0.29) is 0 Å². The highest BCUT2D eigenvalue weighted by Crippen LogP contribution is 2.17. The van der Waals surface area contributed by atoms with E-state index < -0.39 is 0 Å². The van der Waals surface area contributed by atoms with Crippen LogP contribution >= 0.6 is 0 Å². The average molecular weight is 281 g/mol. The first-order chi connectivity index (χ1) is 9.80. The molecule has 1 aromatic rings. The average Bonchev–Trinajstić information content (AvgIpc) is 2.50. The van der Waals surface area contributed by atoms with Crippen molar-refractivity contribution in [3.8, 4) is 5.75 Å². The fourth-order valence-electron chi connectivity index (χ4n) is 2.12. The van der Waals surface area contributed by atoms with E-state index in [0.717, 1.165) is 31.6 Å². The molecule has 0 aliphatic heterocycles. The molecule has 2 N–H and O–H groups in total. The summed E-state index contributed by atoms with van der Waals surface area (Å²) in [6.45, 7) is 2.82. The van der Waals surface area contributed by atoms with Crippen LogP contribution in [0.15, 0.2) is 24.3 Å². The second-order valence-corrected chi connectivity index (χ2v) is 4.90. The molecule has 4 nitrogen and oxygen atoms in total. The molecule has 1 unspecified atom stereocenters. The van der Waals surface area contributed by atoms with Gasteiger partial charge >= 0.3 is 0 Å². The molecule has 114 valence electrons. The van der Waals surface area contributed by atoms with Gasteiger partial charge in [-0.25, -0.2) is 0 Å². The molecule has 4 heteroatoms. The standard InChI is InChI=1S/C16H27NO3/c1-18-10-11-20-9-3-4-15(13-17)12-14-5-7-16(19-2)8-6-14/h5-8,15H,3-4,9-13,17H2,1-2H3. The van der Waals surface area contributed by atoms with Crippen LogP contribution in [0.3, 0.4) is 0 Å². The van der Waals surface area contributed by atoms with Crippen LogP contribution in [0.5, 0.6) is 5.75 Å². The van der Waals surface area contributed by atoms with Crippen LogP contribution in [0.2, 0.25) is 0 Å². The van der Waals surface area contributed by atoms with Crippen LogP contribution in [0.1, 0.15) is 18.4 Å². The molecular weight excluding hydrogens is 254 g/mol. The molecule has 0 fully saturated rings. The molecule has 0 saturated heterocycles. The Morgan fingerprint density at radius 3 is 2.40 bits per heavy atom. The first-order valence-corrected chi connectivity index (χ1v) is 7.19. The summed E-state index contributed by atoms with van der Waals surface area (Å²) in [6, 6.07) is 8.21. The second kappa shape index (κ2) is 10.7. The smallest absolute Gasteiger partial charge is 0.118 e. The number of hydrogen-bond acceptors (Lipinski definition) is 4. The molecule has 20 heavy (non-hydrogen) atoms. The lowest BCUT2D eigenvalue weighted by Gasteiger charge is -2.15. The minimum absolute atomic E-state index is 0.509. The van der Waals surface area contributed by atoms with Crippen LogP contribution in [0.25, 0.3) is 0 Å². The van der Waals surface area contributed by atoms with Gasteiger partial charge in [0.25, 0.3) is 0 Å². The maximum absolute atomic E-state index is 5.85. The fourth-order valence-corrected chi connectivity index (χ4v) is 2.12. The number of hydrogen-bond donors (Lipinski definition) is 1. The van der Waals surface area contributed by atoms with Crippen LogP contribution < -0.4 is 10.5 Å². The van der Waals surface area contributed by atoms with E-state index >= 15 is 0 Å². The zero-order valence-electron chi connectivity index (χ0n) is 12.6. The lowest BCUT2D eigenvalue weighted by atomic mass is 9.95. The van der Waals surface area contributed by atoms with Gasteiger partial charge in [0, 0.05) is 13.7 Å². The number of methoxy groups -OCH3 is 2. The fraction of sp³-hybridized carbons (Fsp3) is 0.625. The summed E-state index contributed by atoms with van der Waals surface area (Å²) < 4.78 is 15.6. The Kier molecular flexibility index (Phi) is 9.04. The van der Waals surface area contributed by atoms with Crippen molar-refractivity contribution in [1.82, 2.24) is 0 Å². The normalized spacial score (nSPS) is 12.3. The van der Waals surface area contributed by atoms with Gasteiger partial charge in [0.05, 0.1) is 20.3 Å². The van der Waals surface area contributed by atoms with Gasteiger partial charge in [-0.05, 0) is 49.4 Å². The molecule has 0 radical (unpaired) electrons. The third kappa shape index (κ3) is 6.89. The van der Waals surface area contributed by atoms with Gasteiger partial charge < -0.3 is 19.9 Å². The highest BCUT2D eigenvalue weighted by molar-refractivity contribution is 5.27. The van der Waals surface area contributed by atoms with Crippen molar-refractivity contribution < 1.29 is 14.2 Å². The summed E-state index contributed by atoms with van der Waals surface area (Å²) in [5, 5.41) is 0. The van der Waals surface area contributed by atoms with Crippen LogP contribution in [0.4, 0.5) is 0 Å². The highest BCUT2D eigenvalue weighted by Gasteiger charge is 2.08. The second-order valence-electron chi connectivity index (χ2n) is 4.90. The van der Waals surface area contributed by atoms with E-state index in [1.54, 1.807) is 14.2 Å². The van der Waals surface area contributed by atoms with E-state index in [2.05, 4.69) is 12.1 Å². The predicted octanol–water partition coefficient (Wildman–Crippen LogP) is 2.26. The number of nitrogens with two attached hydrogens (primary N) is 1. The monoisotopic (exact) mass is 281 g/mol. The summed E-state index contributed by atoms with van der Waals surface area (Å²) in [4.78, 5) is 0. The topological polar surface area (TPSA) is 53.7 Å². The molecule has 0 amide bonds. The first-order valence-electron chi connectivity index (χ1n) is 7.19. The quantitative estimate of drug-likeness (QED) is 0.632. The number of rotatable bonds is 11. The molecule has 0 saturated carbocycles. The van der Waals surface area contributed by atoms with Gasteiger partial charge in [0.15, 0.2) is 0 Å². The van der Waals surface area contributed by atoms with Gasteiger partial charge in [0.2, 0.25) is 0 Å². The van der Waals surface area contributed by atoms with Crippen molar-refractivity contribution in [1.29, 1.82) is 0 Å². The third-order valence-corrected chi connectivity index (χ3v) is 3.35. The van der Waals surface area contributed by atoms with E-state index in [1.165, 1.54) is 5.56 Å². The van der Waals surface area contributed by atoms with Gasteiger partial charge in [-0.1, -0.05) is 12.1 Å². The molecule has 1 aromatic carbocycles. The SMILES string of the molecule is COCCOCCCC(CN)Cc1ccc(OC)cc1. The van der Waals surface area contributed by atoms with Gasteiger partial charge in [-0.15, -0.1) is 0 Å². The van der Waals surface area contributed by atoms with Crippen molar-refractivity contribution in [3.63, 3.8) is 0 Å². The van der Waals surface area contributed by atoms with Crippen molar-refractivity contribution in [2.45, 2.75) is 19.3 Å². The van der Waals surface area contributed by atoms with Gasteiger partial charge in [0.1, 0.15) is 5.75 Å². The molecule has 0 aromatic heterocycles. The maximum atomic E-state index is 5.85. The zero-order chi connectivity index (χ0) is 14.6. The predicted molar refractivity (Wildman–Crippen MR) is 81.2 cm³/mol. The summed E-state index contributed by atoms with van der Waals surface area (Å²) in [5.41, 5.74) is 7.16. The minimum Gasteiger partial charge on any atom is -0.497 e. The van der Waals surface area contributed by atoms with Gasteiger partial charge in [-0.3, -0.25) is 0 Å². The third-order valence-electron chi connectivity index (χ3n) is 3.35. The molecule has 0 bridgehead atoms. The largest absolute Gasteiger partial charge is 0.497 e. The Morgan fingerprint density at radius 2 is 1.80 bits per heavy atom. The van der Waals surface area contributed by atoms with E-state index in [1.807, 2.05) is 12.1 Å². The first kappa shape index (κ1) is 17.0. The van der Waals surface area contributed by atoms with Crippen molar-refractivity contribution in [3.05, 3.63) is 29.8 Å². The van der Waals surface area contributed by atoms with Crippen molar-refractivity contribution in [2.24, 2.45) is 11.7 Å². The molecule has 0 spiro atoms. The lowest BCUT2D eigenvalue weighted by Crippen LogP contribution is -2.17. The lowest BCUT2D eigenvalue weighted by molar-refractivity contribution is 0.0673. The van der Waals surface area contributed by atoms with Gasteiger partial charge in [-0.2, -0.15) is 0 Å². The zero-order valence-corrected chi connectivity index (χ0v) is 12.6.